The van der Waals surface area contributed by atoms with Gasteiger partial charge in [0.1, 0.15) is 0 Å². The minimum Gasteiger partial charge on any atom is -0.870 e. The van der Waals surface area contributed by atoms with Gasteiger partial charge in [0.05, 0.1) is 18.2 Å². The molecule has 0 aliphatic rings. The maximum absolute atomic E-state index is 11.8. The van der Waals surface area contributed by atoms with E-state index in [1.165, 1.54) is 7.11 Å². The third kappa shape index (κ3) is 13.5. The number of benzene rings is 2. The zero-order valence-electron chi connectivity index (χ0n) is 24.0. The number of carbonyl (C=O) groups excluding carboxylic acids is 3. The van der Waals surface area contributed by atoms with E-state index < -0.39 is 5.97 Å². The zero-order valence-corrected chi connectivity index (χ0v) is 24.0. The second kappa shape index (κ2) is 20.8. The molecule has 2 amide bonds. The number of aromatic carboxylic acids is 1. The molecule has 9 nitrogen and oxygen atoms in total. The van der Waals surface area contributed by atoms with Crippen molar-refractivity contribution < 1.29 is 53.4 Å². The van der Waals surface area contributed by atoms with E-state index >= 15 is 0 Å². The number of carbonyl (C=O) groups is 4. The van der Waals surface area contributed by atoms with Gasteiger partial charge in [-0.15, -0.1) is 0 Å². The fraction of sp³-hybridized carbons (Fsp3) is 0.448. The predicted octanol–water partition coefficient (Wildman–Crippen LogP) is 1.79. The summed E-state index contributed by atoms with van der Waals surface area (Å²) in [5.74, 6) is -1.02. The van der Waals surface area contributed by atoms with Gasteiger partial charge >= 0.3 is 30.8 Å². The van der Waals surface area contributed by atoms with Crippen LogP contribution in [0.3, 0.4) is 0 Å². The molecule has 0 aliphatic heterocycles. The Labute approximate surface area is 243 Å². The number of hydrogen-bond donors (Lipinski definition) is 3. The smallest absolute Gasteiger partial charge is 0.870 e. The van der Waals surface area contributed by atoms with Crippen molar-refractivity contribution in [3.63, 3.8) is 0 Å². The number of amides is 2. The molecule has 210 valence electrons. The Kier molecular flexibility index (Phi) is 20.3. The largest absolute Gasteiger partial charge is 1.00 e. The predicted molar refractivity (Wildman–Crippen MR) is 145 cm³/mol. The Morgan fingerprint density at radius 2 is 1.03 bits per heavy atom. The Morgan fingerprint density at radius 3 is 1.31 bits per heavy atom. The van der Waals surface area contributed by atoms with Crippen LogP contribution in [0.1, 0.15) is 85.2 Å². The van der Waals surface area contributed by atoms with Crippen molar-refractivity contribution >= 4 is 23.8 Å². The maximum Gasteiger partial charge on any atom is 1.00 e. The number of nitrogens with one attached hydrogen (secondary N) is 2. The number of ether oxygens (including phenoxy) is 1. The second-order valence-electron chi connectivity index (χ2n) is 8.65. The van der Waals surface area contributed by atoms with Gasteiger partial charge in [0, 0.05) is 24.9 Å². The summed E-state index contributed by atoms with van der Waals surface area (Å²) >= 11 is 0. The molecule has 2 aromatic carbocycles. The molecule has 2 aromatic rings. The Bertz CT molecular complexity index is 1000. The minimum absolute atomic E-state index is 0. The van der Waals surface area contributed by atoms with Crippen LogP contribution in [0.4, 0.5) is 0 Å². The first-order valence-corrected chi connectivity index (χ1v) is 12.7. The summed E-state index contributed by atoms with van der Waals surface area (Å²) in [6.07, 6.45) is 3.37. The van der Waals surface area contributed by atoms with Gasteiger partial charge in [-0.25, -0.2) is 9.59 Å². The molecule has 0 aromatic heterocycles. The van der Waals surface area contributed by atoms with E-state index in [0.29, 0.717) is 18.7 Å². The van der Waals surface area contributed by atoms with Crippen LogP contribution >= 0.6 is 0 Å². The van der Waals surface area contributed by atoms with Crippen molar-refractivity contribution in [1.29, 1.82) is 0 Å². The van der Waals surface area contributed by atoms with Crippen LogP contribution in [-0.2, 0) is 27.4 Å². The molecule has 0 heterocycles. The van der Waals surface area contributed by atoms with Crippen LogP contribution in [0.2, 0.25) is 0 Å². The van der Waals surface area contributed by atoms with Crippen LogP contribution in [0.15, 0.2) is 48.5 Å². The number of hydrogen-bond acceptors (Lipinski definition) is 6. The number of rotatable bonds is 12. The van der Waals surface area contributed by atoms with Gasteiger partial charge in [-0.05, 0) is 61.1 Å². The Hall–Kier alpha value is -3.12. The summed E-state index contributed by atoms with van der Waals surface area (Å²) in [5.41, 5.74) is 2.63. The molecule has 0 bridgehead atoms. The number of carboxylic acids is 1. The third-order valence-electron chi connectivity index (χ3n) is 6.22. The first-order valence-electron chi connectivity index (χ1n) is 12.7. The van der Waals surface area contributed by atoms with Crippen molar-refractivity contribution in [2.45, 2.75) is 66.5 Å². The third-order valence-corrected chi connectivity index (χ3v) is 6.22. The topological polar surface area (TPSA) is 152 Å². The van der Waals surface area contributed by atoms with Gasteiger partial charge in [0.25, 0.3) is 0 Å². The number of methoxy groups -OCH3 is 1. The molecular formula is C29H41LiN2O7. The molecule has 4 N–H and O–H groups in total. The molecule has 0 unspecified atom stereocenters. The van der Waals surface area contributed by atoms with Gasteiger partial charge in [-0.1, -0.05) is 52.0 Å². The molecule has 10 heteroatoms. The summed E-state index contributed by atoms with van der Waals surface area (Å²) < 4.78 is 4.63. The monoisotopic (exact) mass is 536 g/mol. The van der Waals surface area contributed by atoms with E-state index in [1.807, 2.05) is 39.8 Å². The summed E-state index contributed by atoms with van der Waals surface area (Å²) in [6, 6.07) is 13.6. The first kappa shape index (κ1) is 38.0. The van der Waals surface area contributed by atoms with E-state index in [-0.39, 0.29) is 59.5 Å². The van der Waals surface area contributed by atoms with Gasteiger partial charge in [-0.3, -0.25) is 9.59 Å². The van der Waals surface area contributed by atoms with E-state index in [2.05, 4.69) is 15.4 Å². The maximum atomic E-state index is 11.8. The standard InChI is InChI=1S/C15H21NO3.C14H19NO3.Li.H2O/c1-4-12(5-2)14(17)16-10-11-6-8-13(9-7-11)15(18)19-3;1-3-11(4-2)13(16)15-9-10-5-7-12(8-6-10)14(17)18;;/h6-9,12H,4-5,10H2,1-3H3,(H,16,17);5-8,11H,3-4,9H2,1-2H3,(H,15,16)(H,17,18);;1H2/q;;+1;/p-1. The van der Waals surface area contributed by atoms with Gasteiger partial charge in [0.15, 0.2) is 0 Å². The SMILES string of the molecule is CCC(CC)C(=O)NCc1ccc(C(=O)O)cc1.CCC(CC)C(=O)NCc1ccc(C(=O)OC)cc1.[Li+].[OH-]. The van der Waals surface area contributed by atoms with Crippen molar-refractivity contribution in [3.05, 3.63) is 70.8 Å². The van der Waals surface area contributed by atoms with E-state index in [1.54, 1.807) is 36.4 Å². The van der Waals surface area contributed by atoms with Crippen LogP contribution < -0.4 is 29.5 Å². The van der Waals surface area contributed by atoms with Crippen LogP contribution in [0, 0.1) is 11.8 Å². The summed E-state index contributed by atoms with van der Waals surface area (Å²) in [7, 11) is 1.35. The fourth-order valence-corrected chi connectivity index (χ4v) is 3.63. The van der Waals surface area contributed by atoms with Crippen molar-refractivity contribution in [3.8, 4) is 0 Å². The van der Waals surface area contributed by atoms with E-state index in [0.717, 1.165) is 36.8 Å². The molecule has 0 radical (unpaired) electrons. The molecule has 0 spiro atoms. The quantitative estimate of drug-likeness (QED) is 0.276. The van der Waals surface area contributed by atoms with Crippen LogP contribution in [-0.4, -0.2) is 41.4 Å². The average molecular weight is 537 g/mol. The minimum atomic E-state index is -0.942. The molecule has 0 atom stereocenters. The average Bonchev–Trinajstić information content (AvgIpc) is 2.92. The van der Waals surface area contributed by atoms with Crippen molar-refractivity contribution in [1.82, 2.24) is 10.6 Å². The summed E-state index contributed by atoms with van der Waals surface area (Å²) in [5, 5.41) is 14.5. The Morgan fingerprint density at radius 1 is 0.692 bits per heavy atom. The van der Waals surface area contributed by atoms with Gasteiger partial charge in [-0.2, -0.15) is 0 Å². The van der Waals surface area contributed by atoms with Gasteiger partial charge < -0.3 is 26.0 Å². The normalized spacial score (nSPS) is 9.82. The molecule has 0 saturated heterocycles. The summed E-state index contributed by atoms with van der Waals surface area (Å²) in [6.45, 7) is 8.94. The molecule has 39 heavy (non-hydrogen) atoms. The first-order chi connectivity index (χ1) is 17.7. The van der Waals surface area contributed by atoms with Crippen molar-refractivity contribution in [2.75, 3.05) is 7.11 Å². The van der Waals surface area contributed by atoms with Crippen LogP contribution in [0.5, 0.6) is 0 Å². The van der Waals surface area contributed by atoms with E-state index in [4.69, 9.17) is 5.11 Å². The zero-order chi connectivity index (χ0) is 27.8. The molecule has 2 rings (SSSR count). The molecule has 0 saturated carbocycles. The number of esters is 1. The fourth-order valence-electron chi connectivity index (χ4n) is 3.63. The van der Waals surface area contributed by atoms with Crippen molar-refractivity contribution in [2.24, 2.45) is 11.8 Å². The molecule has 0 fully saturated rings. The van der Waals surface area contributed by atoms with Gasteiger partial charge in [0.2, 0.25) is 11.8 Å². The molecule has 0 aliphatic carbocycles. The van der Waals surface area contributed by atoms with Crippen LogP contribution in [0.25, 0.3) is 0 Å². The summed E-state index contributed by atoms with van der Waals surface area (Å²) in [4.78, 5) is 45.5. The number of carboxylic acid groups (broad SMARTS) is 1. The van der Waals surface area contributed by atoms with E-state index in [9.17, 15) is 19.2 Å². The molecular weight excluding hydrogens is 495 g/mol. The Balaban J connectivity index is 0. The second-order valence-corrected chi connectivity index (χ2v) is 8.65.